The monoisotopic (exact) mass is 310 g/mol. The lowest BCUT2D eigenvalue weighted by Gasteiger charge is -2.26. The number of ketones is 1. The van der Waals surface area contributed by atoms with Crippen molar-refractivity contribution in [2.24, 2.45) is 11.3 Å². The second-order valence-corrected chi connectivity index (χ2v) is 7.50. The molecular formula is C15H22N2O3S. The van der Waals surface area contributed by atoms with Crippen molar-refractivity contribution >= 4 is 28.2 Å². The Morgan fingerprint density at radius 1 is 1.38 bits per heavy atom. The normalized spacial score (nSPS) is 18.9. The fourth-order valence-electron chi connectivity index (χ4n) is 2.56. The van der Waals surface area contributed by atoms with Crippen LogP contribution in [0.25, 0.3) is 0 Å². The van der Waals surface area contributed by atoms with Gasteiger partial charge in [0.15, 0.2) is 16.6 Å². The predicted molar refractivity (Wildman–Crippen MR) is 83.2 cm³/mol. The molecule has 0 N–H and O–H groups in total. The molecule has 0 aromatic carbocycles. The molecule has 5 nitrogen and oxygen atoms in total. The quantitative estimate of drug-likeness (QED) is 0.634. The molecule has 1 aromatic heterocycles. The number of esters is 1. The maximum Gasteiger partial charge on any atom is 0.358 e. The number of rotatable bonds is 3. The molecule has 21 heavy (non-hydrogen) atoms. The van der Waals surface area contributed by atoms with E-state index in [0.29, 0.717) is 10.8 Å². The van der Waals surface area contributed by atoms with Crippen LogP contribution in [0.3, 0.4) is 0 Å². The zero-order chi connectivity index (χ0) is 15.8. The van der Waals surface area contributed by atoms with E-state index >= 15 is 0 Å². The van der Waals surface area contributed by atoms with Crippen molar-refractivity contribution in [3.05, 3.63) is 10.6 Å². The Kier molecular flexibility index (Phi) is 4.37. The van der Waals surface area contributed by atoms with Gasteiger partial charge in [0, 0.05) is 20.0 Å². The Morgan fingerprint density at radius 2 is 2.05 bits per heavy atom. The topological polar surface area (TPSA) is 59.5 Å². The lowest BCUT2D eigenvalue weighted by atomic mass is 9.80. The highest BCUT2D eigenvalue weighted by atomic mass is 32.1. The molecule has 1 aromatic rings. The van der Waals surface area contributed by atoms with E-state index in [2.05, 4.69) is 30.7 Å². The van der Waals surface area contributed by atoms with Crippen molar-refractivity contribution in [1.29, 1.82) is 0 Å². The molecule has 1 fully saturated rings. The second-order valence-electron chi connectivity index (χ2n) is 6.52. The number of carbonyl (C=O) groups excluding carboxylic acids is 2. The molecule has 0 spiro atoms. The third-order valence-electron chi connectivity index (χ3n) is 4.00. The average Bonchev–Trinajstić information content (AvgIpc) is 3.03. The molecule has 2 rings (SSSR count). The summed E-state index contributed by atoms with van der Waals surface area (Å²) in [6.45, 7) is 9.99. The van der Waals surface area contributed by atoms with Crippen LogP contribution >= 0.6 is 11.3 Å². The van der Waals surface area contributed by atoms with Crippen molar-refractivity contribution in [1.82, 2.24) is 4.98 Å². The molecule has 0 aliphatic carbocycles. The lowest BCUT2D eigenvalue weighted by Crippen LogP contribution is -2.25. The van der Waals surface area contributed by atoms with Gasteiger partial charge in [-0.3, -0.25) is 4.79 Å². The average molecular weight is 310 g/mol. The van der Waals surface area contributed by atoms with Gasteiger partial charge >= 0.3 is 5.97 Å². The van der Waals surface area contributed by atoms with Crippen LogP contribution in [-0.2, 0) is 4.74 Å². The van der Waals surface area contributed by atoms with Gasteiger partial charge in [0.25, 0.3) is 0 Å². The minimum atomic E-state index is -0.547. The maximum atomic E-state index is 11.7. The third kappa shape index (κ3) is 3.26. The number of nitrogens with zero attached hydrogens (tertiary/aromatic N) is 2. The summed E-state index contributed by atoms with van der Waals surface area (Å²) in [7, 11) is 1.30. The van der Waals surface area contributed by atoms with Gasteiger partial charge in [-0.15, -0.1) is 0 Å². The van der Waals surface area contributed by atoms with Crippen LogP contribution in [0.2, 0.25) is 0 Å². The summed E-state index contributed by atoms with van der Waals surface area (Å²) < 4.78 is 4.71. The SMILES string of the molecule is COC(=O)c1nc(N2CCC(C(C)(C)C)C2)sc1C(C)=O. The number of methoxy groups -OCH3 is 1. The van der Waals surface area contributed by atoms with Crippen molar-refractivity contribution < 1.29 is 14.3 Å². The van der Waals surface area contributed by atoms with Gasteiger partial charge in [0.05, 0.1) is 7.11 Å². The van der Waals surface area contributed by atoms with E-state index in [4.69, 9.17) is 4.74 Å². The van der Waals surface area contributed by atoms with Crippen molar-refractivity contribution in [3.8, 4) is 0 Å². The highest BCUT2D eigenvalue weighted by molar-refractivity contribution is 7.17. The third-order valence-corrected chi connectivity index (χ3v) is 5.21. The standard InChI is InChI=1S/C15H22N2O3S/c1-9(18)12-11(13(19)20-5)16-14(21-12)17-7-6-10(8-17)15(2,3)4/h10H,6-8H2,1-5H3. The van der Waals surface area contributed by atoms with E-state index in [1.165, 1.54) is 25.4 Å². The van der Waals surface area contributed by atoms with Crippen LogP contribution in [0, 0.1) is 11.3 Å². The zero-order valence-corrected chi connectivity index (χ0v) is 14.0. The first-order valence-electron chi connectivity index (χ1n) is 7.09. The molecule has 1 atom stereocenters. The molecule has 0 bridgehead atoms. The number of anilines is 1. The molecule has 6 heteroatoms. The van der Waals surface area contributed by atoms with Crippen LogP contribution in [0.1, 0.15) is 54.3 Å². The molecule has 1 saturated heterocycles. The Balaban J connectivity index is 2.26. The smallest absolute Gasteiger partial charge is 0.358 e. The first kappa shape index (κ1) is 15.9. The largest absolute Gasteiger partial charge is 0.464 e. The number of thiazole rings is 1. The van der Waals surface area contributed by atoms with Gasteiger partial charge in [0.1, 0.15) is 4.88 Å². The van der Waals surface area contributed by atoms with Crippen LogP contribution in [0.5, 0.6) is 0 Å². The Labute approximate surface area is 129 Å². The van der Waals surface area contributed by atoms with Crippen LogP contribution < -0.4 is 4.90 Å². The first-order chi connectivity index (χ1) is 9.74. The molecule has 1 aliphatic rings. The van der Waals surface area contributed by atoms with Crippen molar-refractivity contribution in [2.45, 2.75) is 34.1 Å². The number of Topliss-reactive ketones (excluding diaryl/α,β-unsaturated/α-hetero) is 1. The van der Waals surface area contributed by atoms with Gasteiger partial charge < -0.3 is 9.64 Å². The highest BCUT2D eigenvalue weighted by Crippen LogP contribution is 2.37. The summed E-state index contributed by atoms with van der Waals surface area (Å²) in [5, 5.41) is 0.743. The number of ether oxygens (including phenoxy) is 1. The van der Waals surface area contributed by atoms with Gasteiger partial charge in [0.2, 0.25) is 0 Å². The first-order valence-corrected chi connectivity index (χ1v) is 7.90. The Bertz CT molecular complexity index is 560. The molecule has 1 aliphatic heterocycles. The fourth-order valence-corrected chi connectivity index (χ4v) is 3.54. The summed E-state index contributed by atoms with van der Waals surface area (Å²) in [5.74, 6) is -0.108. The Morgan fingerprint density at radius 3 is 2.52 bits per heavy atom. The number of aromatic nitrogens is 1. The van der Waals surface area contributed by atoms with Gasteiger partial charge in [-0.2, -0.15) is 0 Å². The minimum absolute atomic E-state index is 0.143. The fraction of sp³-hybridized carbons (Fsp3) is 0.667. The van der Waals surface area contributed by atoms with Gasteiger partial charge in [-0.25, -0.2) is 9.78 Å². The highest BCUT2D eigenvalue weighted by Gasteiger charge is 2.34. The van der Waals surface area contributed by atoms with Crippen LogP contribution in [0.15, 0.2) is 0 Å². The minimum Gasteiger partial charge on any atom is -0.464 e. The Hall–Kier alpha value is -1.43. The van der Waals surface area contributed by atoms with E-state index < -0.39 is 5.97 Å². The van der Waals surface area contributed by atoms with Gasteiger partial charge in [-0.05, 0) is 17.8 Å². The van der Waals surface area contributed by atoms with E-state index in [0.717, 1.165) is 24.6 Å². The molecule has 0 saturated carbocycles. The van der Waals surface area contributed by atoms with E-state index in [9.17, 15) is 9.59 Å². The van der Waals surface area contributed by atoms with Crippen LogP contribution in [-0.4, -0.2) is 36.9 Å². The van der Waals surface area contributed by atoms with E-state index in [1.807, 2.05) is 0 Å². The predicted octanol–water partition coefficient (Wildman–Crippen LogP) is 3.00. The summed E-state index contributed by atoms with van der Waals surface area (Å²) in [5.41, 5.74) is 0.393. The summed E-state index contributed by atoms with van der Waals surface area (Å²) in [4.78, 5) is 30.3. The molecule has 2 heterocycles. The lowest BCUT2D eigenvalue weighted by molar-refractivity contribution is 0.0591. The summed E-state index contributed by atoms with van der Waals surface area (Å²) in [6.07, 6.45) is 1.10. The second kappa shape index (κ2) is 5.75. The molecule has 1 unspecified atom stereocenters. The number of hydrogen-bond donors (Lipinski definition) is 0. The summed E-state index contributed by atoms with van der Waals surface area (Å²) in [6, 6.07) is 0. The number of carbonyl (C=O) groups is 2. The number of hydrogen-bond acceptors (Lipinski definition) is 6. The van der Waals surface area contributed by atoms with Crippen molar-refractivity contribution in [3.63, 3.8) is 0 Å². The van der Waals surface area contributed by atoms with Gasteiger partial charge in [-0.1, -0.05) is 32.1 Å². The molecular weight excluding hydrogens is 288 g/mol. The van der Waals surface area contributed by atoms with Crippen LogP contribution in [0.4, 0.5) is 5.13 Å². The molecule has 0 amide bonds. The van der Waals surface area contributed by atoms with E-state index in [1.54, 1.807) is 0 Å². The zero-order valence-electron chi connectivity index (χ0n) is 13.2. The van der Waals surface area contributed by atoms with Crippen molar-refractivity contribution in [2.75, 3.05) is 25.1 Å². The summed E-state index contributed by atoms with van der Waals surface area (Å²) >= 11 is 1.29. The molecule has 116 valence electrons. The maximum absolute atomic E-state index is 11.7. The molecule has 0 radical (unpaired) electrons. The van der Waals surface area contributed by atoms with E-state index in [-0.39, 0.29) is 16.9 Å².